The van der Waals surface area contributed by atoms with E-state index in [1.165, 1.54) is 5.56 Å². The molecule has 0 aromatic heterocycles. The summed E-state index contributed by atoms with van der Waals surface area (Å²) in [6.45, 7) is 4.18. The van der Waals surface area contributed by atoms with Crippen LogP contribution in [-0.4, -0.2) is 25.8 Å². The average Bonchev–Trinajstić information content (AvgIpc) is 2.61. The number of carbonyl (C=O) groups excluding carboxylic acids is 1. The standard InChI is InChI=1S/C19H22N2O3/c1-14(2)16-6-10-18(11-7-16)24-13-19(22)21-20-12-15-4-8-17(23-3)9-5-15/h4-12,14H,13H2,1-3H3,(H,21,22)/b20-12+. The SMILES string of the molecule is COc1ccc(/C=N/NC(=O)COc2ccc(C(C)C)cc2)cc1. The predicted octanol–water partition coefficient (Wildman–Crippen LogP) is 3.35. The van der Waals surface area contributed by atoms with E-state index in [0.717, 1.165) is 11.3 Å². The molecule has 1 amide bonds. The second-order valence-electron chi connectivity index (χ2n) is 5.58. The Hall–Kier alpha value is -2.82. The van der Waals surface area contributed by atoms with Gasteiger partial charge in [0.25, 0.3) is 5.91 Å². The maximum Gasteiger partial charge on any atom is 0.277 e. The minimum atomic E-state index is -0.312. The molecule has 24 heavy (non-hydrogen) atoms. The van der Waals surface area contributed by atoms with E-state index in [-0.39, 0.29) is 12.5 Å². The first kappa shape index (κ1) is 17.5. The molecule has 0 fully saturated rings. The predicted molar refractivity (Wildman–Crippen MR) is 94.8 cm³/mol. The van der Waals surface area contributed by atoms with Gasteiger partial charge in [-0.05, 0) is 53.4 Å². The molecule has 2 aromatic carbocycles. The summed E-state index contributed by atoms with van der Waals surface area (Å²) in [5, 5.41) is 3.90. The Kier molecular flexibility index (Phi) is 6.37. The van der Waals surface area contributed by atoms with Gasteiger partial charge in [0.1, 0.15) is 11.5 Å². The molecule has 5 heteroatoms. The van der Waals surface area contributed by atoms with Crippen molar-refractivity contribution in [3.05, 3.63) is 59.7 Å². The molecule has 5 nitrogen and oxygen atoms in total. The third-order valence-electron chi connectivity index (χ3n) is 3.44. The Morgan fingerprint density at radius 3 is 2.29 bits per heavy atom. The number of hydrogen-bond acceptors (Lipinski definition) is 4. The number of nitrogens with one attached hydrogen (secondary N) is 1. The fourth-order valence-electron chi connectivity index (χ4n) is 2.00. The van der Waals surface area contributed by atoms with Gasteiger partial charge >= 0.3 is 0 Å². The summed E-state index contributed by atoms with van der Waals surface area (Å²) < 4.78 is 10.5. The zero-order valence-corrected chi connectivity index (χ0v) is 14.2. The molecule has 2 rings (SSSR count). The van der Waals surface area contributed by atoms with Gasteiger partial charge in [0.05, 0.1) is 13.3 Å². The molecule has 0 spiro atoms. The summed E-state index contributed by atoms with van der Waals surface area (Å²) in [5.41, 5.74) is 4.53. The van der Waals surface area contributed by atoms with E-state index in [2.05, 4.69) is 24.4 Å². The first-order valence-electron chi connectivity index (χ1n) is 7.77. The Morgan fingerprint density at radius 2 is 1.71 bits per heavy atom. The summed E-state index contributed by atoms with van der Waals surface area (Å²) in [6.07, 6.45) is 1.56. The molecule has 0 atom stereocenters. The summed E-state index contributed by atoms with van der Waals surface area (Å²) in [4.78, 5) is 11.7. The number of ether oxygens (including phenoxy) is 2. The van der Waals surface area contributed by atoms with Gasteiger partial charge in [0.15, 0.2) is 6.61 Å². The van der Waals surface area contributed by atoms with Gasteiger partial charge in [-0.2, -0.15) is 5.10 Å². The molecular formula is C19H22N2O3. The monoisotopic (exact) mass is 326 g/mol. The summed E-state index contributed by atoms with van der Waals surface area (Å²) in [7, 11) is 1.61. The number of hydrogen-bond donors (Lipinski definition) is 1. The fourth-order valence-corrected chi connectivity index (χ4v) is 2.00. The van der Waals surface area contributed by atoms with Crippen LogP contribution in [0.3, 0.4) is 0 Å². The van der Waals surface area contributed by atoms with E-state index in [1.54, 1.807) is 13.3 Å². The lowest BCUT2D eigenvalue weighted by molar-refractivity contribution is -0.123. The molecular weight excluding hydrogens is 304 g/mol. The Balaban J connectivity index is 1.77. The lowest BCUT2D eigenvalue weighted by Crippen LogP contribution is -2.24. The van der Waals surface area contributed by atoms with Crippen LogP contribution in [0.1, 0.15) is 30.9 Å². The Labute approximate surface area is 142 Å². The van der Waals surface area contributed by atoms with Crippen molar-refractivity contribution in [2.24, 2.45) is 5.10 Å². The highest BCUT2D eigenvalue weighted by atomic mass is 16.5. The molecule has 0 saturated carbocycles. The molecule has 0 aliphatic carbocycles. The van der Waals surface area contributed by atoms with Crippen LogP contribution < -0.4 is 14.9 Å². The maximum atomic E-state index is 11.7. The molecule has 2 aromatic rings. The largest absolute Gasteiger partial charge is 0.497 e. The van der Waals surface area contributed by atoms with Gasteiger partial charge in [0.2, 0.25) is 0 Å². The number of nitrogens with zero attached hydrogens (tertiary/aromatic N) is 1. The van der Waals surface area contributed by atoms with Crippen molar-refractivity contribution in [1.82, 2.24) is 5.43 Å². The van der Waals surface area contributed by atoms with E-state index in [1.807, 2.05) is 48.5 Å². The van der Waals surface area contributed by atoms with E-state index in [4.69, 9.17) is 9.47 Å². The van der Waals surface area contributed by atoms with Gasteiger partial charge in [-0.1, -0.05) is 26.0 Å². The van der Waals surface area contributed by atoms with Crippen LogP contribution in [0.15, 0.2) is 53.6 Å². The molecule has 0 bridgehead atoms. The number of rotatable bonds is 7. The quantitative estimate of drug-likeness (QED) is 0.627. The molecule has 1 N–H and O–H groups in total. The van der Waals surface area contributed by atoms with Crippen LogP contribution >= 0.6 is 0 Å². The number of hydrazone groups is 1. The lowest BCUT2D eigenvalue weighted by Gasteiger charge is -2.08. The number of benzene rings is 2. The van der Waals surface area contributed by atoms with Gasteiger partial charge in [-0.25, -0.2) is 5.43 Å². The van der Waals surface area contributed by atoms with Gasteiger partial charge < -0.3 is 9.47 Å². The lowest BCUT2D eigenvalue weighted by atomic mass is 10.0. The zero-order chi connectivity index (χ0) is 17.4. The van der Waals surface area contributed by atoms with Crippen molar-refractivity contribution in [2.75, 3.05) is 13.7 Å². The first-order chi connectivity index (χ1) is 11.6. The normalized spacial score (nSPS) is 10.8. The van der Waals surface area contributed by atoms with Gasteiger partial charge in [0, 0.05) is 0 Å². The summed E-state index contributed by atoms with van der Waals surface area (Å²) in [6, 6.07) is 15.1. The number of amides is 1. The second kappa shape index (κ2) is 8.72. The van der Waals surface area contributed by atoms with Crippen LogP contribution in [0, 0.1) is 0 Å². The van der Waals surface area contributed by atoms with Gasteiger partial charge in [-0.15, -0.1) is 0 Å². The van der Waals surface area contributed by atoms with E-state index in [9.17, 15) is 4.79 Å². The van der Waals surface area contributed by atoms with E-state index in [0.29, 0.717) is 11.7 Å². The van der Waals surface area contributed by atoms with Crippen molar-refractivity contribution >= 4 is 12.1 Å². The van der Waals surface area contributed by atoms with Crippen molar-refractivity contribution < 1.29 is 14.3 Å². The highest BCUT2D eigenvalue weighted by Gasteiger charge is 2.03. The smallest absolute Gasteiger partial charge is 0.277 e. The van der Waals surface area contributed by atoms with Crippen LogP contribution in [-0.2, 0) is 4.79 Å². The third-order valence-corrected chi connectivity index (χ3v) is 3.44. The summed E-state index contributed by atoms with van der Waals surface area (Å²) in [5.74, 6) is 1.59. The van der Waals surface area contributed by atoms with Crippen molar-refractivity contribution in [2.45, 2.75) is 19.8 Å². The fraction of sp³-hybridized carbons (Fsp3) is 0.263. The zero-order valence-electron chi connectivity index (χ0n) is 14.2. The highest BCUT2D eigenvalue weighted by molar-refractivity contribution is 5.83. The van der Waals surface area contributed by atoms with Crippen molar-refractivity contribution in [3.63, 3.8) is 0 Å². The second-order valence-corrected chi connectivity index (χ2v) is 5.58. The average molecular weight is 326 g/mol. The van der Waals surface area contributed by atoms with Gasteiger partial charge in [-0.3, -0.25) is 4.79 Å². The summed E-state index contributed by atoms with van der Waals surface area (Å²) >= 11 is 0. The molecule has 0 radical (unpaired) electrons. The Morgan fingerprint density at radius 1 is 1.08 bits per heavy atom. The maximum absolute atomic E-state index is 11.7. The first-order valence-corrected chi connectivity index (χ1v) is 7.77. The minimum Gasteiger partial charge on any atom is -0.497 e. The molecule has 0 heterocycles. The Bertz CT molecular complexity index is 677. The molecule has 0 unspecified atom stereocenters. The van der Waals surface area contributed by atoms with Crippen LogP contribution in [0.4, 0.5) is 0 Å². The van der Waals surface area contributed by atoms with Crippen LogP contribution in [0.25, 0.3) is 0 Å². The number of methoxy groups -OCH3 is 1. The van der Waals surface area contributed by atoms with Crippen molar-refractivity contribution in [1.29, 1.82) is 0 Å². The topological polar surface area (TPSA) is 59.9 Å². The van der Waals surface area contributed by atoms with Crippen molar-refractivity contribution in [3.8, 4) is 11.5 Å². The van der Waals surface area contributed by atoms with Crippen LogP contribution in [0.2, 0.25) is 0 Å². The molecule has 126 valence electrons. The van der Waals surface area contributed by atoms with E-state index < -0.39 is 0 Å². The molecule has 0 aliphatic rings. The molecule has 0 saturated heterocycles. The highest BCUT2D eigenvalue weighted by Crippen LogP contribution is 2.18. The van der Waals surface area contributed by atoms with Crippen LogP contribution in [0.5, 0.6) is 11.5 Å². The minimum absolute atomic E-state index is 0.0824. The third kappa shape index (κ3) is 5.43. The van der Waals surface area contributed by atoms with E-state index >= 15 is 0 Å². The molecule has 0 aliphatic heterocycles. The number of carbonyl (C=O) groups is 1.